The zero-order valence-electron chi connectivity index (χ0n) is 10.1. The van der Waals surface area contributed by atoms with Gasteiger partial charge in [-0.2, -0.15) is 11.8 Å². The van der Waals surface area contributed by atoms with Crippen molar-refractivity contribution in [3.8, 4) is 0 Å². The lowest BCUT2D eigenvalue weighted by Crippen LogP contribution is -2.39. The third-order valence-corrected chi connectivity index (χ3v) is 4.08. The van der Waals surface area contributed by atoms with Crippen molar-refractivity contribution in [3.63, 3.8) is 0 Å². The second-order valence-electron chi connectivity index (χ2n) is 4.38. The molecule has 1 atom stereocenters. The van der Waals surface area contributed by atoms with E-state index in [0.29, 0.717) is 11.5 Å². The van der Waals surface area contributed by atoms with Crippen LogP contribution in [-0.4, -0.2) is 46.5 Å². The monoisotopic (exact) mass is 265 g/mol. The summed E-state index contributed by atoms with van der Waals surface area (Å²) >= 11 is 1.94. The summed E-state index contributed by atoms with van der Waals surface area (Å²) in [5, 5.41) is 5.99. The molecule has 1 unspecified atom stereocenters. The zero-order chi connectivity index (χ0) is 12.5. The standard InChI is InChI=1S/C11H15N5OS/c1-7-11(17)15-8-9(14-7)12-6-13-10(8)16-2-4-18-5-3-16/h6-7H,2-5H2,1H3,(H,15,17)(H,12,13,14). The van der Waals surface area contributed by atoms with E-state index in [4.69, 9.17) is 0 Å². The summed E-state index contributed by atoms with van der Waals surface area (Å²) in [5.41, 5.74) is 0.715. The molecule has 7 heteroatoms. The molecule has 1 saturated heterocycles. The van der Waals surface area contributed by atoms with Gasteiger partial charge < -0.3 is 15.5 Å². The average Bonchev–Trinajstić information content (AvgIpc) is 2.40. The number of fused-ring (bicyclic) bond motifs is 1. The number of amides is 1. The Morgan fingerprint density at radius 2 is 2.17 bits per heavy atom. The Balaban J connectivity index is 1.96. The minimum atomic E-state index is -0.253. The molecule has 0 aliphatic carbocycles. The molecule has 3 heterocycles. The third kappa shape index (κ3) is 1.98. The van der Waals surface area contributed by atoms with Gasteiger partial charge >= 0.3 is 0 Å². The number of carbonyl (C=O) groups is 1. The van der Waals surface area contributed by atoms with Gasteiger partial charge in [-0.3, -0.25) is 4.79 Å². The molecule has 0 saturated carbocycles. The summed E-state index contributed by atoms with van der Waals surface area (Å²) in [6, 6.07) is -0.253. The van der Waals surface area contributed by atoms with Gasteiger partial charge in [-0.25, -0.2) is 9.97 Å². The minimum Gasteiger partial charge on any atom is -0.357 e. The van der Waals surface area contributed by atoms with Crippen LogP contribution in [0.15, 0.2) is 6.33 Å². The van der Waals surface area contributed by atoms with Crippen molar-refractivity contribution >= 4 is 35.0 Å². The third-order valence-electron chi connectivity index (χ3n) is 3.13. The molecule has 0 aromatic carbocycles. The van der Waals surface area contributed by atoms with Gasteiger partial charge in [0.05, 0.1) is 0 Å². The number of nitrogens with zero attached hydrogens (tertiary/aromatic N) is 3. The summed E-state index contributed by atoms with van der Waals surface area (Å²) in [4.78, 5) is 22.5. The number of hydrogen-bond acceptors (Lipinski definition) is 6. The molecule has 2 aliphatic rings. The maximum atomic E-state index is 11.7. The van der Waals surface area contributed by atoms with E-state index in [1.807, 2.05) is 18.7 Å². The number of hydrogen-bond donors (Lipinski definition) is 2. The largest absolute Gasteiger partial charge is 0.357 e. The van der Waals surface area contributed by atoms with Crippen molar-refractivity contribution in [2.45, 2.75) is 13.0 Å². The highest BCUT2D eigenvalue weighted by atomic mass is 32.2. The number of nitrogens with one attached hydrogen (secondary N) is 2. The molecule has 3 rings (SSSR count). The quantitative estimate of drug-likeness (QED) is 0.782. The van der Waals surface area contributed by atoms with Gasteiger partial charge in [0.1, 0.15) is 18.1 Å². The second-order valence-corrected chi connectivity index (χ2v) is 5.60. The second kappa shape index (κ2) is 4.64. The number of rotatable bonds is 1. The first-order chi connectivity index (χ1) is 8.75. The molecule has 0 bridgehead atoms. The number of anilines is 3. The molecule has 0 spiro atoms. The van der Waals surface area contributed by atoms with E-state index in [2.05, 4.69) is 25.5 Å². The lowest BCUT2D eigenvalue weighted by Gasteiger charge is -2.31. The predicted octanol–water partition coefficient (Wildman–Crippen LogP) is 0.782. The first-order valence-electron chi connectivity index (χ1n) is 6.01. The Bertz CT molecular complexity index is 475. The smallest absolute Gasteiger partial charge is 0.246 e. The number of thioether (sulfide) groups is 1. The van der Waals surface area contributed by atoms with Crippen LogP contribution >= 0.6 is 11.8 Å². The summed E-state index contributed by atoms with van der Waals surface area (Å²) in [5.74, 6) is 3.69. The Labute approximate surface area is 110 Å². The molecular weight excluding hydrogens is 250 g/mol. The molecule has 2 N–H and O–H groups in total. The molecule has 1 fully saturated rings. The van der Waals surface area contributed by atoms with E-state index in [0.717, 1.165) is 30.4 Å². The summed E-state index contributed by atoms with van der Waals surface area (Å²) in [6.45, 7) is 3.73. The fourth-order valence-electron chi connectivity index (χ4n) is 2.12. The highest BCUT2D eigenvalue weighted by molar-refractivity contribution is 7.99. The lowest BCUT2D eigenvalue weighted by molar-refractivity contribution is -0.116. The van der Waals surface area contributed by atoms with Crippen molar-refractivity contribution < 1.29 is 4.79 Å². The highest BCUT2D eigenvalue weighted by Crippen LogP contribution is 2.33. The van der Waals surface area contributed by atoms with Crippen LogP contribution in [0.2, 0.25) is 0 Å². The van der Waals surface area contributed by atoms with Crippen molar-refractivity contribution in [1.29, 1.82) is 0 Å². The first-order valence-corrected chi connectivity index (χ1v) is 7.16. The Hall–Kier alpha value is -1.50. The van der Waals surface area contributed by atoms with Gasteiger partial charge in [-0.1, -0.05) is 0 Å². The van der Waals surface area contributed by atoms with Crippen LogP contribution in [0, 0.1) is 0 Å². The fraction of sp³-hybridized carbons (Fsp3) is 0.545. The van der Waals surface area contributed by atoms with E-state index >= 15 is 0 Å². The molecule has 6 nitrogen and oxygen atoms in total. The van der Waals surface area contributed by atoms with Crippen LogP contribution in [0.25, 0.3) is 0 Å². The number of carbonyl (C=O) groups excluding carboxylic acids is 1. The van der Waals surface area contributed by atoms with Crippen molar-refractivity contribution in [1.82, 2.24) is 9.97 Å². The van der Waals surface area contributed by atoms with Crippen molar-refractivity contribution in [3.05, 3.63) is 6.33 Å². The van der Waals surface area contributed by atoms with E-state index in [9.17, 15) is 4.79 Å². The molecule has 96 valence electrons. The van der Waals surface area contributed by atoms with E-state index < -0.39 is 0 Å². The Kier molecular flexibility index (Phi) is 2.99. The van der Waals surface area contributed by atoms with Crippen molar-refractivity contribution in [2.24, 2.45) is 0 Å². The van der Waals surface area contributed by atoms with Crippen LogP contribution < -0.4 is 15.5 Å². The lowest BCUT2D eigenvalue weighted by atomic mass is 10.2. The Morgan fingerprint density at radius 1 is 1.39 bits per heavy atom. The molecule has 1 aromatic rings. The maximum absolute atomic E-state index is 11.7. The van der Waals surface area contributed by atoms with Gasteiger partial charge in [-0.15, -0.1) is 0 Å². The summed E-state index contributed by atoms with van der Waals surface area (Å²) < 4.78 is 0. The van der Waals surface area contributed by atoms with Crippen LogP contribution in [0.1, 0.15) is 6.92 Å². The predicted molar refractivity (Wildman–Crippen MR) is 73.3 cm³/mol. The van der Waals surface area contributed by atoms with Gasteiger partial charge in [0.15, 0.2) is 11.6 Å². The highest BCUT2D eigenvalue weighted by Gasteiger charge is 2.27. The molecule has 0 radical (unpaired) electrons. The van der Waals surface area contributed by atoms with Crippen LogP contribution in [0.5, 0.6) is 0 Å². The Morgan fingerprint density at radius 3 is 2.94 bits per heavy atom. The van der Waals surface area contributed by atoms with E-state index in [1.54, 1.807) is 6.33 Å². The van der Waals surface area contributed by atoms with Gasteiger partial charge in [0, 0.05) is 24.6 Å². The normalized spacial score (nSPS) is 23.1. The van der Waals surface area contributed by atoms with Gasteiger partial charge in [-0.05, 0) is 6.92 Å². The molecule has 18 heavy (non-hydrogen) atoms. The van der Waals surface area contributed by atoms with Crippen molar-refractivity contribution in [2.75, 3.05) is 40.1 Å². The van der Waals surface area contributed by atoms with Gasteiger partial charge in [0.2, 0.25) is 5.91 Å². The maximum Gasteiger partial charge on any atom is 0.246 e. The molecule has 2 aliphatic heterocycles. The average molecular weight is 265 g/mol. The molecule has 1 amide bonds. The van der Waals surface area contributed by atoms with Crippen LogP contribution in [-0.2, 0) is 4.79 Å². The van der Waals surface area contributed by atoms with Crippen LogP contribution in [0.4, 0.5) is 17.3 Å². The zero-order valence-corrected chi connectivity index (χ0v) is 11.0. The molecule has 1 aromatic heterocycles. The van der Waals surface area contributed by atoms with Crippen LogP contribution in [0.3, 0.4) is 0 Å². The minimum absolute atomic E-state index is 0.0371. The molecular formula is C11H15N5OS. The van der Waals surface area contributed by atoms with E-state index in [1.165, 1.54) is 0 Å². The number of aromatic nitrogens is 2. The topological polar surface area (TPSA) is 70.2 Å². The fourth-order valence-corrected chi connectivity index (χ4v) is 3.02. The SMILES string of the molecule is CC1Nc2ncnc(N3CCSCC3)c2NC1=O. The van der Waals surface area contributed by atoms with Gasteiger partial charge in [0.25, 0.3) is 0 Å². The first kappa shape index (κ1) is 11.6. The summed E-state index contributed by atoms with van der Waals surface area (Å²) in [7, 11) is 0. The van der Waals surface area contributed by atoms with E-state index in [-0.39, 0.29) is 11.9 Å². The summed E-state index contributed by atoms with van der Waals surface area (Å²) in [6.07, 6.45) is 1.55.